The summed E-state index contributed by atoms with van der Waals surface area (Å²) in [7, 11) is 0. The fourth-order valence-corrected chi connectivity index (χ4v) is 2.83. The maximum Gasteiger partial charge on any atom is 0.344 e. The van der Waals surface area contributed by atoms with Crippen LogP contribution in [0.4, 0.5) is 0 Å². The Morgan fingerprint density at radius 1 is 1.04 bits per heavy atom. The van der Waals surface area contributed by atoms with Crippen LogP contribution in [0.5, 0.6) is 5.75 Å². The molecule has 0 saturated heterocycles. The molecule has 0 heterocycles. The van der Waals surface area contributed by atoms with E-state index in [4.69, 9.17) is 9.47 Å². The van der Waals surface area contributed by atoms with E-state index in [0.29, 0.717) is 5.75 Å². The van der Waals surface area contributed by atoms with Crippen molar-refractivity contribution < 1.29 is 19.1 Å². The topological polar surface area (TPSA) is 64.6 Å². The number of carbonyl (C=O) groups excluding carboxylic acids is 2. The van der Waals surface area contributed by atoms with Crippen LogP contribution in [-0.2, 0) is 14.3 Å². The summed E-state index contributed by atoms with van der Waals surface area (Å²) in [6.45, 7) is 3.56. The van der Waals surface area contributed by atoms with Crippen LogP contribution in [0.3, 0.4) is 0 Å². The lowest BCUT2D eigenvalue weighted by atomic mass is 10.1. The van der Waals surface area contributed by atoms with E-state index in [0.717, 1.165) is 31.2 Å². The third kappa shape index (κ3) is 6.22. The van der Waals surface area contributed by atoms with Gasteiger partial charge in [0.15, 0.2) is 13.2 Å². The first kappa shape index (κ1) is 18.3. The fourth-order valence-electron chi connectivity index (χ4n) is 2.83. The second-order valence-electron chi connectivity index (χ2n) is 6.45. The molecule has 0 spiro atoms. The van der Waals surface area contributed by atoms with Crippen molar-refractivity contribution in [3.8, 4) is 5.75 Å². The van der Waals surface area contributed by atoms with Crippen molar-refractivity contribution in [1.82, 2.24) is 5.32 Å². The van der Waals surface area contributed by atoms with Crippen molar-refractivity contribution in [3.05, 3.63) is 29.3 Å². The molecule has 5 heteroatoms. The first-order chi connectivity index (χ1) is 11.5. The molecule has 1 amide bonds. The lowest BCUT2D eigenvalue weighted by Crippen LogP contribution is -2.37. The molecule has 132 valence electrons. The van der Waals surface area contributed by atoms with Gasteiger partial charge in [-0.15, -0.1) is 0 Å². The minimum Gasteiger partial charge on any atom is -0.482 e. The Kier molecular flexibility index (Phi) is 7.09. The number of rotatable bonds is 6. The molecule has 2 rings (SSSR count). The van der Waals surface area contributed by atoms with Crippen molar-refractivity contribution in [2.75, 3.05) is 13.2 Å². The first-order valence-corrected chi connectivity index (χ1v) is 8.69. The molecule has 0 unspecified atom stereocenters. The van der Waals surface area contributed by atoms with Crippen LogP contribution in [0.25, 0.3) is 0 Å². The highest BCUT2D eigenvalue weighted by Crippen LogP contribution is 2.17. The zero-order valence-corrected chi connectivity index (χ0v) is 14.6. The van der Waals surface area contributed by atoms with Gasteiger partial charge in [0, 0.05) is 6.04 Å². The Morgan fingerprint density at radius 2 is 1.75 bits per heavy atom. The normalized spacial score (nSPS) is 15.4. The number of ether oxygens (including phenoxy) is 2. The van der Waals surface area contributed by atoms with Crippen LogP contribution in [0.15, 0.2) is 18.2 Å². The Hall–Kier alpha value is -2.04. The second-order valence-corrected chi connectivity index (χ2v) is 6.45. The van der Waals surface area contributed by atoms with E-state index in [2.05, 4.69) is 5.32 Å². The molecule has 1 saturated carbocycles. The van der Waals surface area contributed by atoms with Gasteiger partial charge in [0.25, 0.3) is 5.91 Å². The van der Waals surface area contributed by atoms with Crippen molar-refractivity contribution >= 4 is 11.9 Å². The summed E-state index contributed by atoms with van der Waals surface area (Å²) in [5, 5.41) is 2.94. The lowest BCUT2D eigenvalue weighted by Gasteiger charge is -2.16. The van der Waals surface area contributed by atoms with Crippen LogP contribution >= 0.6 is 0 Å². The van der Waals surface area contributed by atoms with Crippen LogP contribution < -0.4 is 10.1 Å². The van der Waals surface area contributed by atoms with Gasteiger partial charge < -0.3 is 14.8 Å². The number of benzene rings is 1. The minimum atomic E-state index is -0.538. The van der Waals surface area contributed by atoms with Crippen LogP contribution in [-0.4, -0.2) is 31.1 Å². The van der Waals surface area contributed by atoms with E-state index in [1.54, 1.807) is 0 Å². The summed E-state index contributed by atoms with van der Waals surface area (Å²) in [5.41, 5.74) is 2.27. The highest BCUT2D eigenvalue weighted by atomic mass is 16.6. The van der Waals surface area contributed by atoms with Gasteiger partial charge in [-0.2, -0.15) is 0 Å². The largest absolute Gasteiger partial charge is 0.482 e. The molecule has 0 bridgehead atoms. The third-order valence-electron chi connectivity index (χ3n) is 4.42. The number of hydrogen-bond donors (Lipinski definition) is 1. The summed E-state index contributed by atoms with van der Waals surface area (Å²) in [5.74, 6) is -0.149. The summed E-state index contributed by atoms with van der Waals surface area (Å²) in [6, 6.07) is 5.84. The molecule has 24 heavy (non-hydrogen) atoms. The van der Waals surface area contributed by atoms with Gasteiger partial charge in [-0.1, -0.05) is 31.7 Å². The van der Waals surface area contributed by atoms with E-state index >= 15 is 0 Å². The molecule has 1 aromatic carbocycles. The molecule has 5 nitrogen and oxygen atoms in total. The number of nitrogens with one attached hydrogen (secondary N) is 1. The van der Waals surface area contributed by atoms with Gasteiger partial charge in [0.05, 0.1) is 0 Å². The third-order valence-corrected chi connectivity index (χ3v) is 4.42. The van der Waals surface area contributed by atoms with Gasteiger partial charge in [-0.05, 0) is 49.9 Å². The second kappa shape index (κ2) is 9.30. The molecule has 1 fully saturated rings. The van der Waals surface area contributed by atoms with Crippen molar-refractivity contribution in [2.24, 2.45) is 0 Å². The standard InChI is InChI=1S/C19H27NO4/c1-14-9-10-17(11-15(14)2)23-13-19(22)24-12-18(21)20-16-7-5-3-4-6-8-16/h9-11,16H,3-8,12-13H2,1-2H3,(H,20,21). The number of esters is 1. The van der Waals surface area contributed by atoms with Gasteiger partial charge in [-0.3, -0.25) is 4.79 Å². The predicted molar refractivity (Wildman–Crippen MR) is 92.0 cm³/mol. The van der Waals surface area contributed by atoms with Crippen molar-refractivity contribution in [3.63, 3.8) is 0 Å². The van der Waals surface area contributed by atoms with Crippen LogP contribution in [0.1, 0.15) is 49.7 Å². The zero-order chi connectivity index (χ0) is 17.4. The smallest absolute Gasteiger partial charge is 0.344 e. The maximum absolute atomic E-state index is 11.9. The molecule has 1 aliphatic carbocycles. The highest BCUT2D eigenvalue weighted by Gasteiger charge is 2.16. The van der Waals surface area contributed by atoms with Crippen LogP contribution in [0, 0.1) is 13.8 Å². The SMILES string of the molecule is Cc1ccc(OCC(=O)OCC(=O)NC2CCCCCC2)cc1C. The van der Waals surface area contributed by atoms with Gasteiger partial charge >= 0.3 is 5.97 Å². The molecule has 0 radical (unpaired) electrons. The summed E-state index contributed by atoms with van der Waals surface area (Å²) < 4.78 is 10.4. The average Bonchev–Trinajstić information content (AvgIpc) is 2.82. The summed E-state index contributed by atoms with van der Waals surface area (Å²) in [4.78, 5) is 23.5. The Balaban J connectivity index is 1.66. The predicted octanol–water partition coefficient (Wildman–Crippen LogP) is 3.06. The van der Waals surface area contributed by atoms with E-state index < -0.39 is 5.97 Å². The Labute approximate surface area is 143 Å². The molecule has 0 atom stereocenters. The van der Waals surface area contributed by atoms with E-state index in [1.807, 2.05) is 32.0 Å². The monoisotopic (exact) mass is 333 g/mol. The zero-order valence-electron chi connectivity index (χ0n) is 14.6. The van der Waals surface area contributed by atoms with E-state index in [1.165, 1.54) is 18.4 Å². The highest BCUT2D eigenvalue weighted by molar-refractivity contribution is 5.81. The van der Waals surface area contributed by atoms with Gasteiger partial charge in [0.2, 0.25) is 0 Å². The van der Waals surface area contributed by atoms with Crippen molar-refractivity contribution in [1.29, 1.82) is 0 Å². The van der Waals surface area contributed by atoms with E-state index in [-0.39, 0.29) is 25.2 Å². The van der Waals surface area contributed by atoms with Crippen molar-refractivity contribution in [2.45, 2.75) is 58.4 Å². The molecule has 1 N–H and O–H groups in total. The summed E-state index contributed by atoms with van der Waals surface area (Å²) in [6.07, 6.45) is 6.78. The average molecular weight is 333 g/mol. The molecule has 1 aliphatic rings. The molecular formula is C19H27NO4. The minimum absolute atomic E-state index is 0.195. The molecule has 0 aliphatic heterocycles. The number of amides is 1. The van der Waals surface area contributed by atoms with E-state index in [9.17, 15) is 9.59 Å². The fraction of sp³-hybridized carbons (Fsp3) is 0.579. The molecule has 1 aromatic rings. The Morgan fingerprint density at radius 3 is 2.42 bits per heavy atom. The maximum atomic E-state index is 11.9. The number of hydrogen-bond acceptors (Lipinski definition) is 4. The summed E-state index contributed by atoms with van der Waals surface area (Å²) >= 11 is 0. The first-order valence-electron chi connectivity index (χ1n) is 8.69. The lowest BCUT2D eigenvalue weighted by molar-refractivity contribution is -0.150. The van der Waals surface area contributed by atoms with Crippen LogP contribution in [0.2, 0.25) is 0 Å². The Bertz CT molecular complexity index is 562. The van der Waals surface area contributed by atoms with Gasteiger partial charge in [-0.25, -0.2) is 4.79 Å². The number of carbonyl (C=O) groups is 2. The number of aryl methyl sites for hydroxylation is 2. The molecule has 0 aromatic heterocycles. The van der Waals surface area contributed by atoms with Gasteiger partial charge in [0.1, 0.15) is 5.75 Å². The quantitative estimate of drug-likeness (QED) is 0.642. The molecular weight excluding hydrogens is 306 g/mol.